The van der Waals surface area contributed by atoms with Gasteiger partial charge >= 0.3 is 5.97 Å². The van der Waals surface area contributed by atoms with Crippen LogP contribution in [-0.2, 0) is 14.8 Å². The number of nitrogens with two attached hydrogens (primary N) is 1. The van der Waals surface area contributed by atoms with Crippen molar-refractivity contribution in [3.63, 3.8) is 0 Å². The van der Waals surface area contributed by atoms with Gasteiger partial charge in [-0.05, 0) is 18.2 Å². The molecule has 0 bridgehead atoms. The summed E-state index contributed by atoms with van der Waals surface area (Å²) in [7, 11) is -0.879. The van der Waals surface area contributed by atoms with Gasteiger partial charge in [0.25, 0.3) is 0 Å². The quantitative estimate of drug-likeness (QED) is 0.725. The largest absolute Gasteiger partial charge is 0.478 e. The summed E-state index contributed by atoms with van der Waals surface area (Å²) in [5.41, 5.74) is 5.46. The Labute approximate surface area is 111 Å². The third-order valence-electron chi connectivity index (χ3n) is 2.56. The fourth-order valence-corrected chi connectivity index (χ4v) is 2.67. The molecule has 0 spiro atoms. The van der Waals surface area contributed by atoms with Crippen molar-refractivity contribution < 1.29 is 23.1 Å². The summed E-state index contributed by atoms with van der Waals surface area (Å²) in [5, 5.41) is 8.80. The van der Waals surface area contributed by atoms with Crippen molar-refractivity contribution in [3.05, 3.63) is 23.8 Å². The molecule has 0 aliphatic heterocycles. The molecule has 1 aromatic carbocycles. The third-order valence-corrected chi connectivity index (χ3v) is 4.49. The van der Waals surface area contributed by atoms with Gasteiger partial charge < -0.3 is 15.6 Å². The van der Waals surface area contributed by atoms with Crippen molar-refractivity contribution in [3.8, 4) is 0 Å². The molecule has 1 aromatic rings. The number of rotatable bonds is 6. The van der Waals surface area contributed by atoms with Crippen LogP contribution in [0.4, 0.5) is 5.69 Å². The molecule has 0 saturated heterocycles. The first kappa shape index (κ1) is 15.4. The standard InChI is InChI=1S/C11H16N2O5S/c1-13(5-6-18-2)19(16,17)10-4-3-8(11(14)15)7-9(10)12/h3-4,7H,5-6,12H2,1-2H3,(H,14,15). The Morgan fingerprint density at radius 1 is 1.47 bits per heavy atom. The van der Waals surface area contributed by atoms with Gasteiger partial charge in [-0.15, -0.1) is 0 Å². The number of carbonyl (C=O) groups is 1. The SMILES string of the molecule is COCCN(C)S(=O)(=O)c1ccc(C(=O)O)cc1N. The van der Waals surface area contributed by atoms with Crippen molar-refractivity contribution in [2.24, 2.45) is 0 Å². The van der Waals surface area contributed by atoms with Gasteiger partial charge in [0.05, 0.1) is 17.9 Å². The number of carboxylic acids is 1. The Morgan fingerprint density at radius 2 is 2.11 bits per heavy atom. The van der Waals surface area contributed by atoms with E-state index < -0.39 is 16.0 Å². The number of hydrogen-bond donors (Lipinski definition) is 2. The topological polar surface area (TPSA) is 110 Å². The van der Waals surface area contributed by atoms with Crippen molar-refractivity contribution >= 4 is 21.7 Å². The van der Waals surface area contributed by atoms with Gasteiger partial charge in [0.15, 0.2) is 0 Å². The number of nitrogens with zero attached hydrogens (tertiary/aromatic N) is 1. The number of ether oxygens (including phenoxy) is 1. The van der Waals surface area contributed by atoms with E-state index in [1.165, 1.54) is 26.3 Å². The summed E-state index contributed by atoms with van der Waals surface area (Å²) in [5.74, 6) is -1.16. The molecule has 0 fully saturated rings. The van der Waals surface area contributed by atoms with E-state index in [9.17, 15) is 13.2 Å². The van der Waals surface area contributed by atoms with Gasteiger partial charge in [0, 0.05) is 20.7 Å². The highest BCUT2D eigenvalue weighted by atomic mass is 32.2. The van der Waals surface area contributed by atoms with E-state index >= 15 is 0 Å². The molecule has 0 unspecified atom stereocenters. The van der Waals surface area contributed by atoms with E-state index in [1.54, 1.807) is 0 Å². The van der Waals surface area contributed by atoms with Crippen LogP contribution in [0.15, 0.2) is 23.1 Å². The minimum Gasteiger partial charge on any atom is -0.478 e. The van der Waals surface area contributed by atoms with E-state index in [2.05, 4.69) is 0 Å². The zero-order valence-corrected chi connectivity index (χ0v) is 11.5. The predicted octanol–water partition coefficient (Wildman–Crippen LogP) is 0.234. The molecule has 0 radical (unpaired) electrons. The molecule has 8 heteroatoms. The van der Waals surface area contributed by atoms with Gasteiger partial charge in [0.1, 0.15) is 4.90 Å². The van der Waals surface area contributed by atoms with Crippen molar-refractivity contribution in [1.82, 2.24) is 4.31 Å². The first-order valence-electron chi connectivity index (χ1n) is 5.38. The maximum Gasteiger partial charge on any atom is 0.335 e. The highest BCUT2D eigenvalue weighted by Crippen LogP contribution is 2.22. The normalized spacial score (nSPS) is 11.7. The van der Waals surface area contributed by atoms with Gasteiger partial charge in [-0.1, -0.05) is 0 Å². The molecule has 0 aromatic heterocycles. The summed E-state index contributed by atoms with van der Waals surface area (Å²) in [6.45, 7) is 0.432. The second kappa shape index (κ2) is 6.00. The molecule has 0 aliphatic carbocycles. The number of aromatic carboxylic acids is 1. The van der Waals surface area contributed by atoms with Crippen molar-refractivity contribution in [1.29, 1.82) is 0 Å². The maximum absolute atomic E-state index is 12.2. The Bertz CT molecular complexity index is 570. The van der Waals surface area contributed by atoms with E-state index in [1.807, 2.05) is 0 Å². The second-order valence-electron chi connectivity index (χ2n) is 3.88. The van der Waals surface area contributed by atoms with Crippen molar-refractivity contribution in [2.45, 2.75) is 4.90 Å². The van der Waals surface area contributed by atoms with Gasteiger partial charge in [-0.25, -0.2) is 13.2 Å². The summed E-state index contributed by atoms with van der Waals surface area (Å²) in [4.78, 5) is 10.6. The molecule has 0 heterocycles. The number of likely N-dealkylation sites (N-methyl/N-ethyl adjacent to an activating group) is 1. The van der Waals surface area contributed by atoms with Crippen LogP contribution in [0.25, 0.3) is 0 Å². The van der Waals surface area contributed by atoms with Crippen LogP contribution in [0.3, 0.4) is 0 Å². The average Bonchev–Trinajstić information content (AvgIpc) is 2.35. The van der Waals surface area contributed by atoms with Crippen LogP contribution in [0, 0.1) is 0 Å². The number of carboxylic acid groups (broad SMARTS) is 1. The van der Waals surface area contributed by atoms with Crippen LogP contribution in [0.5, 0.6) is 0 Å². The lowest BCUT2D eigenvalue weighted by Gasteiger charge is -2.18. The Balaban J connectivity index is 3.12. The molecule has 1 rings (SSSR count). The number of anilines is 1. The summed E-state index contributed by atoms with van der Waals surface area (Å²) in [6.07, 6.45) is 0. The van der Waals surface area contributed by atoms with Crippen LogP contribution in [0.1, 0.15) is 10.4 Å². The van der Waals surface area contributed by atoms with E-state index in [-0.39, 0.29) is 29.3 Å². The molecule has 0 saturated carbocycles. The Hall–Kier alpha value is -1.64. The molecule has 7 nitrogen and oxygen atoms in total. The zero-order valence-electron chi connectivity index (χ0n) is 10.7. The molecular weight excluding hydrogens is 272 g/mol. The second-order valence-corrected chi connectivity index (χ2v) is 5.89. The minimum atomic E-state index is -3.75. The number of sulfonamides is 1. The molecule has 19 heavy (non-hydrogen) atoms. The number of nitrogen functional groups attached to an aromatic ring is 1. The van der Waals surface area contributed by atoms with Crippen molar-refractivity contribution in [2.75, 3.05) is 33.0 Å². The smallest absolute Gasteiger partial charge is 0.335 e. The monoisotopic (exact) mass is 288 g/mol. The molecule has 0 aliphatic rings. The van der Waals surface area contributed by atoms with E-state index in [4.69, 9.17) is 15.6 Å². The fraction of sp³-hybridized carbons (Fsp3) is 0.364. The van der Waals surface area contributed by atoms with Crippen LogP contribution in [-0.4, -0.2) is 51.1 Å². The summed E-state index contributed by atoms with van der Waals surface area (Å²) < 4.78 is 30.3. The highest BCUT2D eigenvalue weighted by Gasteiger charge is 2.23. The summed E-state index contributed by atoms with van der Waals surface area (Å²) >= 11 is 0. The van der Waals surface area contributed by atoms with Crippen LogP contribution in [0.2, 0.25) is 0 Å². The maximum atomic E-state index is 12.2. The first-order chi connectivity index (χ1) is 8.80. The number of hydrogen-bond acceptors (Lipinski definition) is 5. The third kappa shape index (κ3) is 3.43. The zero-order chi connectivity index (χ0) is 14.6. The average molecular weight is 288 g/mol. The Morgan fingerprint density at radius 3 is 2.58 bits per heavy atom. The molecular formula is C11H16N2O5S. The van der Waals surface area contributed by atoms with E-state index in [0.717, 1.165) is 10.4 Å². The van der Waals surface area contributed by atoms with Gasteiger partial charge in [-0.3, -0.25) is 0 Å². The molecule has 3 N–H and O–H groups in total. The van der Waals surface area contributed by atoms with Gasteiger partial charge in [-0.2, -0.15) is 4.31 Å². The van der Waals surface area contributed by atoms with Gasteiger partial charge in [0.2, 0.25) is 10.0 Å². The molecule has 0 atom stereocenters. The lowest BCUT2D eigenvalue weighted by Crippen LogP contribution is -2.30. The highest BCUT2D eigenvalue weighted by molar-refractivity contribution is 7.89. The Kier molecular flexibility index (Phi) is 4.87. The summed E-state index contributed by atoms with van der Waals surface area (Å²) in [6, 6.07) is 3.52. The molecule has 106 valence electrons. The fourth-order valence-electron chi connectivity index (χ4n) is 1.42. The predicted molar refractivity (Wildman–Crippen MR) is 69.5 cm³/mol. The lowest BCUT2D eigenvalue weighted by atomic mass is 10.2. The van der Waals surface area contributed by atoms with Crippen LogP contribution >= 0.6 is 0 Å². The number of methoxy groups -OCH3 is 1. The molecule has 0 amide bonds. The van der Waals surface area contributed by atoms with E-state index in [0.29, 0.717) is 0 Å². The van der Waals surface area contributed by atoms with Crippen LogP contribution < -0.4 is 5.73 Å². The lowest BCUT2D eigenvalue weighted by molar-refractivity contribution is 0.0697. The minimum absolute atomic E-state index is 0.0593. The first-order valence-corrected chi connectivity index (χ1v) is 6.82. The number of benzene rings is 1.